The molecule has 33 heavy (non-hydrogen) atoms. The zero-order chi connectivity index (χ0) is 23.5. The summed E-state index contributed by atoms with van der Waals surface area (Å²) in [5, 5.41) is 11.9. The molecule has 3 N–H and O–H groups in total. The molecule has 162 valence electrons. The van der Waals surface area contributed by atoms with Crippen LogP contribution in [-0.2, 0) is 0 Å². The molecule has 0 radical (unpaired) electrons. The number of fused-ring (bicyclic) bond motifs is 1. The van der Waals surface area contributed by atoms with E-state index >= 15 is 0 Å². The molecule has 0 aliphatic carbocycles. The van der Waals surface area contributed by atoms with E-state index in [1.807, 2.05) is 0 Å². The van der Waals surface area contributed by atoms with Gasteiger partial charge in [-0.1, -0.05) is 30.2 Å². The summed E-state index contributed by atoms with van der Waals surface area (Å²) >= 11 is 0. The number of amides is 2. The predicted octanol–water partition coefficient (Wildman–Crippen LogP) is 4.14. The Morgan fingerprint density at radius 1 is 1.03 bits per heavy atom. The molecule has 0 aliphatic rings. The van der Waals surface area contributed by atoms with E-state index in [9.17, 15) is 14.4 Å². The van der Waals surface area contributed by atoms with Crippen LogP contribution in [0.1, 0.15) is 31.8 Å². The van der Waals surface area contributed by atoms with Crippen molar-refractivity contribution in [1.82, 2.24) is 9.97 Å². The molecule has 4 aromatic rings. The summed E-state index contributed by atoms with van der Waals surface area (Å²) in [6.07, 6.45) is 4.25. The SMILES string of the molecule is C#Cc1cccc(NC(=O)c2ccccc2C(=O)c2ccc3nc(N(C)C(=O)O)[nH]c3c2)c1. The summed E-state index contributed by atoms with van der Waals surface area (Å²) < 4.78 is 0. The summed E-state index contributed by atoms with van der Waals surface area (Å²) in [6.45, 7) is 0. The highest BCUT2D eigenvalue weighted by Gasteiger charge is 2.20. The smallest absolute Gasteiger partial charge is 0.413 e. The van der Waals surface area contributed by atoms with Gasteiger partial charge in [0, 0.05) is 29.4 Å². The van der Waals surface area contributed by atoms with Gasteiger partial charge in [0.2, 0.25) is 5.95 Å². The molecule has 4 rings (SSSR count). The van der Waals surface area contributed by atoms with Gasteiger partial charge in [-0.05, 0) is 42.5 Å². The van der Waals surface area contributed by atoms with Gasteiger partial charge >= 0.3 is 6.09 Å². The molecule has 0 atom stereocenters. The zero-order valence-corrected chi connectivity index (χ0v) is 17.5. The van der Waals surface area contributed by atoms with Crippen molar-refractivity contribution in [2.24, 2.45) is 0 Å². The van der Waals surface area contributed by atoms with Crippen molar-refractivity contribution in [1.29, 1.82) is 0 Å². The summed E-state index contributed by atoms with van der Waals surface area (Å²) in [6, 6.07) is 18.1. The average molecular weight is 438 g/mol. The number of nitrogens with zero attached hydrogens (tertiary/aromatic N) is 2. The summed E-state index contributed by atoms with van der Waals surface area (Å²) in [5.41, 5.74) is 2.91. The number of anilines is 2. The number of H-pyrrole nitrogens is 1. The molecule has 8 nitrogen and oxygen atoms in total. The summed E-state index contributed by atoms with van der Waals surface area (Å²) in [7, 11) is 1.36. The third-order valence-electron chi connectivity index (χ3n) is 5.04. The average Bonchev–Trinajstić information content (AvgIpc) is 3.26. The van der Waals surface area contributed by atoms with Crippen molar-refractivity contribution in [2.45, 2.75) is 0 Å². The van der Waals surface area contributed by atoms with Crippen LogP contribution in [0.3, 0.4) is 0 Å². The van der Waals surface area contributed by atoms with Crippen LogP contribution in [0.5, 0.6) is 0 Å². The first-order valence-corrected chi connectivity index (χ1v) is 9.85. The van der Waals surface area contributed by atoms with Gasteiger partial charge in [-0.15, -0.1) is 6.42 Å². The third-order valence-corrected chi connectivity index (χ3v) is 5.04. The molecule has 0 saturated carbocycles. The Morgan fingerprint density at radius 2 is 1.79 bits per heavy atom. The minimum atomic E-state index is -1.17. The lowest BCUT2D eigenvalue weighted by atomic mass is 9.97. The number of hydrogen-bond donors (Lipinski definition) is 3. The minimum absolute atomic E-state index is 0.135. The Kier molecular flexibility index (Phi) is 5.62. The van der Waals surface area contributed by atoms with E-state index in [4.69, 9.17) is 11.5 Å². The maximum Gasteiger partial charge on any atom is 0.413 e. The van der Waals surface area contributed by atoms with Crippen molar-refractivity contribution in [3.8, 4) is 12.3 Å². The number of carbonyl (C=O) groups excluding carboxylic acids is 2. The number of rotatable bonds is 5. The van der Waals surface area contributed by atoms with Gasteiger partial charge in [-0.3, -0.25) is 14.5 Å². The number of nitrogens with one attached hydrogen (secondary N) is 2. The van der Waals surface area contributed by atoms with Crippen LogP contribution in [0.25, 0.3) is 11.0 Å². The van der Waals surface area contributed by atoms with Gasteiger partial charge in [0.05, 0.1) is 16.6 Å². The predicted molar refractivity (Wildman–Crippen MR) is 125 cm³/mol. The largest absolute Gasteiger partial charge is 0.465 e. The fourth-order valence-electron chi connectivity index (χ4n) is 3.31. The van der Waals surface area contributed by atoms with Crippen LogP contribution in [0, 0.1) is 12.3 Å². The van der Waals surface area contributed by atoms with Crippen LogP contribution < -0.4 is 10.2 Å². The molecule has 2 amide bonds. The molecule has 1 aromatic heterocycles. The lowest BCUT2D eigenvalue weighted by molar-refractivity contribution is 0.0996. The van der Waals surface area contributed by atoms with E-state index in [0.717, 1.165) is 4.90 Å². The Labute approximate surface area is 188 Å². The maximum absolute atomic E-state index is 13.3. The molecule has 0 spiro atoms. The molecule has 0 bridgehead atoms. The normalized spacial score (nSPS) is 10.4. The first kappa shape index (κ1) is 21.3. The van der Waals surface area contributed by atoms with E-state index in [0.29, 0.717) is 27.8 Å². The number of terminal acetylenes is 1. The highest BCUT2D eigenvalue weighted by Crippen LogP contribution is 2.22. The van der Waals surface area contributed by atoms with Gasteiger partial charge in [-0.25, -0.2) is 9.78 Å². The highest BCUT2D eigenvalue weighted by atomic mass is 16.4. The fourth-order valence-corrected chi connectivity index (χ4v) is 3.31. The Hall–Kier alpha value is -4.90. The van der Waals surface area contributed by atoms with Gasteiger partial charge in [0.1, 0.15) is 0 Å². The van der Waals surface area contributed by atoms with Crippen molar-refractivity contribution < 1.29 is 19.5 Å². The Balaban J connectivity index is 1.65. The molecular weight excluding hydrogens is 420 g/mol. The molecule has 0 saturated heterocycles. The molecular formula is C25H18N4O4. The fraction of sp³-hybridized carbons (Fsp3) is 0.0400. The lowest BCUT2D eigenvalue weighted by Gasteiger charge is -2.10. The summed E-state index contributed by atoms with van der Waals surface area (Å²) in [5.74, 6) is 1.85. The van der Waals surface area contributed by atoms with Crippen molar-refractivity contribution in [3.05, 3.63) is 89.0 Å². The second-order valence-corrected chi connectivity index (χ2v) is 7.19. The van der Waals surface area contributed by atoms with Crippen molar-refractivity contribution >= 4 is 40.5 Å². The monoisotopic (exact) mass is 438 g/mol. The van der Waals surface area contributed by atoms with Crippen LogP contribution in [0.15, 0.2) is 66.7 Å². The Morgan fingerprint density at radius 3 is 2.52 bits per heavy atom. The first-order chi connectivity index (χ1) is 15.9. The molecule has 0 aliphatic heterocycles. The molecule has 8 heteroatoms. The number of imidazole rings is 1. The molecule has 0 fully saturated rings. The third kappa shape index (κ3) is 4.29. The van der Waals surface area contributed by atoms with Crippen LogP contribution >= 0.6 is 0 Å². The topological polar surface area (TPSA) is 115 Å². The minimum Gasteiger partial charge on any atom is -0.465 e. The number of carbonyl (C=O) groups is 3. The Bertz CT molecular complexity index is 1450. The number of aromatic nitrogens is 2. The number of aromatic amines is 1. The van der Waals surface area contributed by atoms with E-state index in [1.165, 1.54) is 7.05 Å². The number of ketones is 1. The van der Waals surface area contributed by atoms with Gasteiger partial charge < -0.3 is 15.4 Å². The van der Waals surface area contributed by atoms with Gasteiger partial charge in [-0.2, -0.15) is 0 Å². The second kappa shape index (κ2) is 8.69. The van der Waals surface area contributed by atoms with E-state index in [-0.39, 0.29) is 22.9 Å². The number of carboxylic acid groups (broad SMARTS) is 1. The van der Waals surface area contributed by atoms with Crippen LogP contribution in [0.4, 0.5) is 16.4 Å². The molecule has 1 heterocycles. The van der Waals surface area contributed by atoms with Crippen LogP contribution in [0.2, 0.25) is 0 Å². The maximum atomic E-state index is 13.3. The van der Waals surface area contributed by atoms with E-state index in [2.05, 4.69) is 21.2 Å². The van der Waals surface area contributed by atoms with E-state index < -0.39 is 12.0 Å². The zero-order valence-electron chi connectivity index (χ0n) is 17.5. The van der Waals surface area contributed by atoms with E-state index in [1.54, 1.807) is 66.7 Å². The highest BCUT2D eigenvalue weighted by molar-refractivity contribution is 6.18. The van der Waals surface area contributed by atoms with Gasteiger partial charge in [0.25, 0.3) is 5.91 Å². The molecule has 0 unspecified atom stereocenters. The quantitative estimate of drug-likeness (QED) is 0.320. The standard InChI is InChI=1S/C25H18N4O4/c1-3-15-7-6-8-17(13-15)26-23(31)19-10-5-4-9-18(19)22(30)16-11-12-20-21(14-16)28-24(27-20)29(2)25(32)33/h1,4-14H,2H3,(H,26,31)(H,27,28)(H,32,33). The lowest BCUT2D eigenvalue weighted by Crippen LogP contribution is -2.24. The molecule has 3 aromatic carbocycles. The van der Waals surface area contributed by atoms with Gasteiger partial charge in [0.15, 0.2) is 5.78 Å². The summed E-state index contributed by atoms with van der Waals surface area (Å²) in [4.78, 5) is 45.4. The first-order valence-electron chi connectivity index (χ1n) is 9.85. The number of hydrogen-bond acceptors (Lipinski definition) is 4. The van der Waals surface area contributed by atoms with Crippen molar-refractivity contribution in [3.63, 3.8) is 0 Å². The number of benzene rings is 3. The second-order valence-electron chi connectivity index (χ2n) is 7.19. The van der Waals surface area contributed by atoms with Crippen molar-refractivity contribution in [2.75, 3.05) is 17.3 Å². The van der Waals surface area contributed by atoms with Crippen LogP contribution in [-0.4, -0.2) is 39.9 Å².